The number of aryl methyl sites for hydroxylation is 1. The molecule has 2 heteroatoms. The summed E-state index contributed by atoms with van der Waals surface area (Å²) in [4.78, 5) is 0. The zero-order chi connectivity index (χ0) is 16.3. The molecule has 2 nitrogen and oxygen atoms in total. The predicted molar refractivity (Wildman–Crippen MR) is 90.4 cm³/mol. The van der Waals surface area contributed by atoms with Gasteiger partial charge in [-0.15, -0.1) is 0 Å². The van der Waals surface area contributed by atoms with E-state index in [0.717, 1.165) is 24.8 Å². The minimum absolute atomic E-state index is 0.0261. The SMILES string of the molecule is CC(C)c1cc2c(cc1O)[C@@]1(C)C[C@@H](O)CC(C)(C)C1CC2. The van der Waals surface area contributed by atoms with Gasteiger partial charge in [-0.05, 0) is 71.1 Å². The first kappa shape index (κ1) is 15.9. The number of hydrogen-bond acceptors (Lipinski definition) is 2. The van der Waals surface area contributed by atoms with Gasteiger partial charge >= 0.3 is 0 Å². The van der Waals surface area contributed by atoms with E-state index in [9.17, 15) is 10.2 Å². The summed E-state index contributed by atoms with van der Waals surface area (Å²) in [5.41, 5.74) is 3.83. The zero-order valence-electron chi connectivity index (χ0n) is 14.6. The van der Waals surface area contributed by atoms with Gasteiger partial charge in [0, 0.05) is 0 Å². The predicted octanol–water partition coefficient (Wildman–Crippen LogP) is 4.52. The van der Waals surface area contributed by atoms with Crippen LogP contribution in [0.3, 0.4) is 0 Å². The van der Waals surface area contributed by atoms with E-state index in [2.05, 4.69) is 40.7 Å². The molecule has 0 heterocycles. The topological polar surface area (TPSA) is 40.5 Å². The first-order valence-corrected chi connectivity index (χ1v) is 8.69. The molecule has 0 saturated heterocycles. The Morgan fingerprint density at radius 3 is 2.45 bits per heavy atom. The van der Waals surface area contributed by atoms with Gasteiger partial charge in [0.2, 0.25) is 0 Å². The van der Waals surface area contributed by atoms with Gasteiger partial charge in [0.05, 0.1) is 6.10 Å². The third kappa shape index (κ3) is 2.27. The number of fused-ring (bicyclic) bond motifs is 3. The van der Waals surface area contributed by atoms with Crippen LogP contribution >= 0.6 is 0 Å². The zero-order valence-corrected chi connectivity index (χ0v) is 14.6. The van der Waals surface area contributed by atoms with Crippen molar-refractivity contribution in [2.45, 2.75) is 77.7 Å². The van der Waals surface area contributed by atoms with Crippen LogP contribution in [0.25, 0.3) is 0 Å². The van der Waals surface area contributed by atoms with E-state index in [4.69, 9.17) is 0 Å². The molecule has 3 atom stereocenters. The molecule has 0 spiro atoms. The number of aliphatic hydroxyl groups excluding tert-OH is 1. The van der Waals surface area contributed by atoms with Crippen molar-refractivity contribution in [2.75, 3.05) is 0 Å². The van der Waals surface area contributed by atoms with Crippen LogP contribution < -0.4 is 0 Å². The van der Waals surface area contributed by atoms with Crippen LogP contribution in [0.1, 0.15) is 76.5 Å². The van der Waals surface area contributed by atoms with E-state index in [1.165, 1.54) is 17.5 Å². The lowest BCUT2D eigenvalue weighted by atomic mass is 9.49. The van der Waals surface area contributed by atoms with Crippen molar-refractivity contribution in [3.05, 3.63) is 28.8 Å². The van der Waals surface area contributed by atoms with E-state index >= 15 is 0 Å². The quantitative estimate of drug-likeness (QED) is 0.801. The standard InChI is InChI=1S/C20H30O2/c1-12(2)15-8-13-6-7-18-19(3,4)10-14(21)11-20(18,5)16(13)9-17(15)22/h8-9,12,14,18,21-22H,6-7,10-11H2,1-5H3/t14-,18?,20+/m0/s1. The summed E-state index contributed by atoms with van der Waals surface area (Å²) in [6, 6.07) is 4.22. The maximum absolute atomic E-state index is 10.5. The summed E-state index contributed by atoms with van der Waals surface area (Å²) in [6.45, 7) is 11.1. The minimum Gasteiger partial charge on any atom is -0.508 e. The van der Waals surface area contributed by atoms with Crippen LogP contribution in [0.2, 0.25) is 0 Å². The molecule has 0 aliphatic heterocycles. The number of hydrogen-bond donors (Lipinski definition) is 2. The molecule has 0 bridgehead atoms. The van der Waals surface area contributed by atoms with E-state index in [-0.39, 0.29) is 16.9 Å². The average Bonchev–Trinajstić information content (AvgIpc) is 2.36. The van der Waals surface area contributed by atoms with Crippen LogP contribution in [-0.4, -0.2) is 16.3 Å². The van der Waals surface area contributed by atoms with E-state index < -0.39 is 0 Å². The van der Waals surface area contributed by atoms with E-state index in [1.54, 1.807) is 0 Å². The number of aromatic hydroxyl groups is 1. The lowest BCUT2D eigenvalue weighted by Crippen LogP contribution is -2.52. The van der Waals surface area contributed by atoms with Crippen molar-refractivity contribution >= 4 is 0 Å². The number of phenols is 1. The molecule has 3 rings (SSSR count). The number of rotatable bonds is 1. The molecule has 1 aromatic rings. The number of benzene rings is 1. The molecule has 2 aliphatic rings. The largest absolute Gasteiger partial charge is 0.508 e. The minimum atomic E-state index is -0.242. The fourth-order valence-electron chi connectivity index (χ4n) is 5.48. The molecule has 1 unspecified atom stereocenters. The molecule has 0 amide bonds. The molecular weight excluding hydrogens is 272 g/mol. The highest BCUT2D eigenvalue weighted by molar-refractivity contribution is 5.48. The number of aliphatic hydroxyl groups is 1. The average molecular weight is 302 g/mol. The Bertz CT molecular complexity index is 588. The first-order valence-electron chi connectivity index (χ1n) is 8.69. The second-order valence-electron chi connectivity index (χ2n) is 8.78. The summed E-state index contributed by atoms with van der Waals surface area (Å²) in [6.07, 6.45) is 3.74. The van der Waals surface area contributed by atoms with E-state index in [1.807, 2.05) is 6.07 Å². The highest BCUT2D eigenvalue weighted by Crippen LogP contribution is 2.57. The van der Waals surface area contributed by atoms with Crippen LogP contribution in [0.15, 0.2) is 12.1 Å². The summed E-state index contributed by atoms with van der Waals surface area (Å²) in [7, 11) is 0. The molecule has 1 fully saturated rings. The van der Waals surface area contributed by atoms with Crippen LogP contribution in [0.4, 0.5) is 0 Å². The van der Waals surface area contributed by atoms with Gasteiger partial charge in [-0.2, -0.15) is 0 Å². The molecule has 0 radical (unpaired) electrons. The maximum Gasteiger partial charge on any atom is 0.119 e. The lowest BCUT2D eigenvalue weighted by molar-refractivity contribution is -0.0384. The van der Waals surface area contributed by atoms with Crippen molar-refractivity contribution in [3.8, 4) is 5.75 Å². The summed E-state index contributed by atoms with van der Waals surface area (Å²) in [5.74, 6) is 1.33. The van der Waals surface area contributed by atoms with Crippen molar-refractivity contribution in [2.24, 2.45) is 11.3 Å². The Kier molecular flexibility index (Phi) is 3.60. The Labute approximate surface area is 134 Å². The van der Waals surface area contributed by atoms with Gasteiger partial charge in [0.15, 0.2) is 0 Å². The Hall–Kier alpha value is -1.02. The molecule has 122 valence electrons. The van der Waals surface area contributed by atoms with Gasteiger partial charge in [-0.25, -0.2) is 0 Å². The molecule has 2 N–H and O–H groups in total. The van der Waals surface area contributed by atoms with Gasteiger partial charge in [-0.1, -0.05) is 40.7 Å². The van der Waals surface area contributed by atoms with Crippen molar-refractivity contribution in [3.63, 3.8) is 0 Å². The second-order valence-corrected chi connectivity index (χ2v) is 8.78. The molecule has 2 aliphatic carbocycles. The van der Waals surface area contributed by atoms with Crippen LogP contribution in [0, 0.1) is 11.3 Å². The van der Waals surface area contributed by atoms with Gasteiger partial charge < -0.3 is 10.2 Å². The third-order valence-electron chi connectivity index (χ3n) is 6.33. The second kappa shape index (κ2) is 4.99. The molecule has 1 aromatic carbocycles. The van der Waals surface area contributed by atoms with Crippen molar-refractivity contribution in [1.29, 1.82) is 0 Å². The molecular formula is C20H30O2. The smallest absolute Gasteiger partial charge is 0.119 e. The molecule has 0 aromatic heterocycles. The Balaban J connectivity index is 2.13. The van der Waals surface area contributed by atoms with Gasteiger partial charge in [0.1, 0.15) is 5.75 Å². The molecule has 22 heavy (non-hydrogen) atoms. The van der Waals surface area contributed by atoms with Crippen LogP contribution in [0.5, 0.6) is 5.75 Å². The molecule has 1 saturated carbocycles. The summed E-state index contributed by atoms with van der Waals surface area (Å²) < 4.78 is 0. The van der Waals surface area contributed by atoms with Gasteiger partial charge in [0.25, 0.3) is 0 Å². The van der Waals surface area contributed by atoms with Crippen molar-refractivity contribution in [1.82, 2.24) is 0 Å². The maximum atomic E-state index is 10.5. The Morgan fingerprint density at radius 2 is 1.82 bits per heavy atom. The highest BCUT2D eigenvalue weighted by atomic mass is 16.3. The highest BCUT2D eigenvalue weighted by Gasteiger charge is 2.52. The van der Waals surface area contributed by atoms with Crippen molar-refractivity contribution < 1.29 is 10.2 Å². The Morgan fingerprint density at radius 1 is 1.14 bits per heavy atom. The summed E-state index contributed by atoms with van der Waals surface area (Å²) in [5, 5.41) is 20.9. The monoisotopic (exact) mass is 302 g/mol. The summed E-state index contributed by atoms with van der Waals surface area (Å²) >= 11 is 0. The fraction of sp³-hybridized carbons (Fsp3) is 0.700. The fourth-order valence-corrected chi connectivity index (χ4v) is 5.48. The normalized spacial score (nSPS) is 33.4. The lowest BCUT2D eigenvalue weighted by Gasteiger charge is -2.55. The van der Waals surface area contributed by atoms with Crippen LogP contribution in [-0.2, 0) is 11.8 Å². The third-order valence-corrected chi connectivity index (χ3v) is 6.33. The van der Waals surface area contributed by atoms with E-state index in [0.29, 0.717) is 17.6 Å². The first-order chi connectivity index (χ1) is 10.1. The van der Waals surface area contributed by atoms with Gasteiger partial charge in [-0.3, -0.25) is 0 Å². The number of phenolic OH excluding ortho intramolecular Hbond substituents is 1.